The first-order chi connectivity index (χ1) is 18.8. The van der Waals surface area contributed by atoms with E-state index < -0.39 is 27.8 Å². The average Bonchev–Trinajstić information content (AvgIpc) is 3.25. The summed E-state index contributed by atoms with van der Waals surface area (Å²) in [5, 5.41) is 1.14. The molecule has 3 aromatic carbocycles. The maximum atomic E-state index is 13.1. The van der Waals surface area contributed by atoms with Crippen LogP contribution in [0.2, 0.25) is 10.0 Å². The molecule has 0 saturated carbocycles. The Bertz CT molecular complexity index is 1720. The van der Waals surface area contributed by atoms with Crippen LogP contribution in [-0.4, -0.2) is 36.7 Å². The van der Waals surface area contributed by atoms with Crippen LogP contribution in [0.3, 0.4) is 0 Å². The molecule has 0 aliphatic heterocycles. The van der Waals surface area contributed by atoms with Crippen molar-refractivity contribution in [3.05, 3.63) is 87.6 Å². The van der Waals surface area contributed by atoms with Crippen LogP contribution in [0.5, 0.6) is 0 Å². The minimum Gasteiger partial charge on any atom is -0.450 e. The van der Waals surface area contributed by atoms with Gasteiger partial charge in [-0.1, -0.05) is 67.7 Å². The monoisotopic (exact) mass is 601 g/mol. The molecule has 0 aliphatic carbocycles. The Morgan fingerprint density at radius 3 is 2.38 bits per heavy atom. The molecular weight excluding hydrogens is 573 g/mol. The number of rotatable bonds is 9. The molecule has 8 nitrogen and oxygen atoms in total. The van der Waals surface area contributed by atoms with Crippen LogP contribution in [-0.2, 0) is 21.4 Å². The van der Waals surface area contributed by atoms with E-state index in [1.54, 1.807) is 36.4 Å². The van der Waals surface area contributed by atoms with Crippen LogP contribution >= 0.6 is 23.2 Å². The number of nitrogens with zero attached hydrogens (tertiary/aromatic N) is 1. The van der Waals surface area contributed by atoms with Gasteiger partial charge in [0.25, 0.3) is 5.91 Å². The normalized spacial score (nSPS) is 13.2. The summed E-state index contributed by atoms with van der Waals surface area (Å²) in [6, 6.07) is 16.0. The quantitative estimate of drug-likeness (QED) is 0.228. The zero-order valence-electron chi connectivity index (χ0n) is 22.1. The number of anilines is 1. The number of nitrogen functional groups attached to an aromatic ring is 1. The second-order valence-corrected chi connectivity index (χ2v) is 12.5. The van der Waals surface area contributed by atoms with Crippen LogP contribution < -0.4 is 11.5 Å². The summed E-state index contributed by atoms with van der Waals surface area (Å²) in [4.78, 5) is 26.1. The van der Waals surface area contributed by atoms with Gasteiger partial charge in [-0.3, -0.25) is 9.59 Å². The van der Waals surface area contributed by atoms with Crippen LogP contribution in [0.25, 0.3) is 22.1 Å². The van der Waals surface area contributed by atoms with Crippen molar-refractivity contribution in [2.24, 2.45) is 11.7 Å². The highest BCUT2D eigenvalue weighted by Gasteiger charge is 2.31. The first kappa shape index (κ1) is 29.6. The van der Waals surface area contributed by atoms with Gasteiger partial charge in [-0.05, 0) is 59.0 Å². The van der Waals surface area contributed by atoms with Gasteiger partial charge in [-0.25, -0.2) is 12.7 Å². The van der Waals surface area contributed by atoms with Gasteiger partial charge >= 0.3 is 0 Å². The molecule has 1 aromatic heterocycles. The summed E-state index contributed by atoms with van der Waals surface area (Å²) in [6.07, 6.45) is 1.63. The number of carbonyl (C=O) groups excluding carboxylic acids is 2. The Labute approximate surface area is 242 Å². The molecule has 40 heavy (non-hydrogen) atoms. The van der Waals surface area contributed by atoms with Gasteiger partial charge in [0, 0.05) is 16.0 Å². The Hall–Kier alpha value is -3.37. The minimum atomic E-state index is -3.87. The first-order valence-corrected chi connectivity index (χ1v) is 15.1. The number of carbonyl (C=O) groups is 2. The van der Waals surface area contributed by atoms with Crippen LogP contribution in [0.15, 0.2) is 65.1 Å². The molecule has 1 amide bonds. The number of furan rings is 1. The third kappa shape index (κ3) is 6.02. The first-order valence-electron chi connectivity index (χ1n) is 12.5. The summed E-state index contributed by atoms with van der Waals surface area (Å²) >= 11 is 12.2. The van der Waals surface area contributed by atoms with Crippen molar-refractivity contribution in [1.82, 2.24) is 4.31 Å². The molecule has 11 heteroatoms. The van der Waals surface area contributed by atoms with E-state index in [1.807, 2.05) is 26.0 Å². The highest BCUT2D eigenvalue weighted by Crippen LogP contribution is 2.35. The van der Waals surface area contributed by atoms with E-state index in [1.165, 1.54) is 12.1 Å². The van der Waals surface area contributed by atoms with E-state index in [0.717, 1.165) is 21.7 Å². The van der Waals surface area contributed by atoms with Crippen molar-refractivity contribution in [2.45, 2.75) is 32.9 Å². The second kappa shape index (κ2) is 11.6. The van der Waals surface area contributed by atoms with E-state index in [9.17, 15) is 18.0 Å². The van der Waals surface area contributed by atoms with E-state index in [0.29, 0.717) is 28.0 Å². The number of amides is 1. The molecule has 0 fully saturated rings. The smallest absolute Gasteiger partial charge is 0.253 e. The molecule has 0 radical (unpaired) electrons. The summed E-state index contributed by atoms with van der Waals surface area (Å²) in [7, 11) is -3.87. The fourth-order valence-corrected chi connectivity index (χ4v) is 5.62. The molecule has 210 valence electrons. The molecular formula is C29H29Cl2N3O5S. The number of halogens is 2. The van der Waals surface area contributed by atoms with Gasteiger partial charge in [0.1, 0.15) is 5.58 Å². The largest absolute Gasteiger partial charge is 0.450 e. The average molecular weight is 603 g/mol. The lowest BCUT2D eigenvalue weighted by Crippen LogP contribution is -2.48. The van der Waals surface area contributed by atoms with E-state index in [4.69, 9.17) is 39.1 Å². The fourth-order valence-electron chi connectivity index (χ4n) is 4.30. The number of sulfonamides is 1. The van der Waals surface area contributed by atoms with Crippen molar-refractivity contribution in [2.75, 3.05) is 12.0 Å². The number of ketones is 1. The Morgan fingerprint density at radius 2 is 1.73 bits per heavy atom. The van der Waals surface area contributed by atoms with E-state index in [-0.39, 0.29) is 34.5 Å². The number of nitrogens with two attached hydrogens (primary N) is 2. The molecule has 0 spiro atoms. The molecule has 4 aromatic rings. The lowest BCUT2D eigenvalue weighted by atomic mass is 9.99. The van der Waals surface area contributed by atoms with Gasteiger partial charge in [0.05, 0.1) is 29.6 Å². The van der Waals surface area contributed by atoms with Crippen molar-refractivity contribution < 1.29 is 22.4 Å². The standard InChI is InChI=1S/C29H29Cl2N3O5S/c1-4-16(2)25(32)29(36)34(40(3,37)38)15-17-6-5-7-18(12-17)19-8-10-22-24(13-19)39-28(26(22)33)27(35)21-11-9-20(30)14-23(21)31/h5-14,16,25H,4,15,32-33H2,1-3H3/t16-,25-/m0/s1. The molecule has 0 bridgehead atoms. The van der Waals surface area contributed by atoms with E-state index >= 15 is 0 Å². The molecule has 0 aliphatic rings. The number of hydrogen-bond donors (Lipinski definition) is 2. The molecule has 4 N–H and O–H groups in total. The maximum absolute atomic E-state index is 13.1. The fraction of sp³-hybridized carbons (Fsp3) is 0.241. The number of hydrogen-bond acceptors (Lipinski definition) is 7. The van der Waals surface area contributed by atoms with Gasteiger partial charge in [-0.2, -0.15) is 0 Å². The lowest BCUT2D eigenvalue weighted by molar-refractivity contribution is -0.129. The number of fused-ring (bicyclic) bond motifs is 1. The lowest BCUT2D eigenvalue weighted by Gasteiger charge is -2.26. The van der Waals surface area contributed by atoms with Crippen molar-refractivity contribution >= 4 is 61.6 Å². The Balaban J connectivity index is 1.66. The van der Waals surface area contributed by atoms with Crippen molar-refractivity contribution in [1.29, 1.82) is 0 Å². The zero-order chi connectivity index (χ0) is 29.4. The van der Waals surface area contributed by atoms with Gasteiger partial charge in [-0.15, -0.1) is 0 Å². The topological polar surface area (TPSA) is 137 Å². The predicted octanol–water partition coefficient (Wildman–Crippen LogP) is 5.88. The Morgan fingerprint density at radius 1 is 1.02 bits per heavy atom. The summed E-state index contributed by atoms with van der Waals surface area (Å²) in [5.74, 6) is -1.33. The predicted molar refractivity (Wildman–Crippen MR) is 159 cm³/mol. The van der Waals surface area contributed by atoms with Crippen molar-refractivity contribution in [3.63, 3.8) is 0 Å². The minimum absolute atomic E-state index is 0.0370. The second-order valence-electron chi connectivity index (χ2n) is 9.73. The molecule has 0 unspecified atom stereocenters. The Kier molecular flexibility index (Phi) is 8.60. The summed E-state index contributed by atoms with van der Waals surface area (Å²) in [5.41, 5.74) is 15.2. The maximum Gasteiger partial charge on any atom is 0.253 e. The van der Waals surface area contributed by atoms with Crippen LogP contribution in [0.4, 0.5) is 5.69 Å². The summed E-state index contributed by atoms with van der Waals surface area (Å²) in [6.45, 7) is 3.54. The third-order valence-electron chi connectivity index (χ3n) is 6.89. The SMILES string of the molecule is CC[C@H](C)[C@H](N)C(=O)N(Cc1cccc(-c2ccc3c(N)c(C(=O)c4ccc(Cl)cc4Cl)oc3c2)c1)S(C)(=O)=O. The van der Waals surface area contributed by atoms with Crippen LogP contribution in [0, 0.1) is 5.92 Å². The molecule has 4 rings (SSSR count). The van der Waals surface area contributed by atoms with Gasteiger partial charge in [0.15, 0.2) is 5.76 Å². The summed E-state index contributed by atoms with van der Waals surface area (Å²) < 4.78 is 31.7. The highest BCUT2D eigenvalue weighted by atomic mass is 35.5. The zero-order valence-corrected chi connectivity index (χ0v) is 24.5. The number of benzene rings is 3. The van der Waals surface area contributed by atoms with E-state index in [2.05, 4.69) is 0 Å². The van der Waals surface area contributed by atoms with Gasteiger partial charge in [0.2, 0.25) is 15.8 Å². The molecule has 0 saturated heterocycles. The molecule has 1 heterocycles. The van der Waals surface area contributed by atoms with Crippen LogP contribution in [0.1, 0.15) is 41.9 Å². The molecule has 2 atom stereocenters. The third-order valence-corrected chi connectivity index (χ3v) is 8.54. The van der Waals surface area contributed by atoms with Gasteiger partial charge < -0.3 is 15.9 Å². The highest BCUT2D eigenvalue weighted by molar-refractivity contribution is 7.88. The van der Waals surface area contributed by atoms with Crippen molar-refractivity contribution in [3.8, 4) is 11.1 Å².